The van der Waals surface area contributed by atoms with Crippen LogP contribution in [0.15, 0.2) is 65.4 Å². The van der Waals surface area contributed by atoms with Crippen molar-refractivity contribution in [3.63, 3.8) is 0 Å². The zero-order valence-electron chi connectivity index (χ0n) is 14.6. The topological polar surface area (TPSA) is 33.5 Å². The third-order valence-electron chi connectivity index (χ3n) is 5.02. The van der Waals surface area contributed by atoms with E-state index in [1.807, 2.05) is 35.6 Å². The first kappa shape index (κ1) is 17.5. The molecule has 26 heavy (non-hydrogen) atoms. The number of carbonyl (C=O) groups excluding carboxylic acids is 1. The second kappa shape index (κ2) is 8.16. The Bertz CT molecular complexity index is 815. The highest BCUT2D eigenvalue weighted by Gasteiger charge is 2.32. The SMILES string of the molecule is O=C(C[NH+]1CCC[C@@H]1c1cccs1)N[C@@H](c1ccccc1)c1cccs1. The summed E-state index contributed by atoms with van der Waals surface area (Å²) in [5.74, 6) is 0.130. The van der Waals surface area contributed by atoms with Crippen molar-refractivity contribution in [1.29, 1.82) is 0 Å². The van der Waals surface area contributed by atoms with Crippen LogP contribution in [0.25, 0.3) is 0 Å². The van der Waals surface area contributed by atoms with E-state index in [9.17, 15) is 4.79 Å². The Kier molecular flexibility index (Phi) is 5.48. The lowest BCUT2D eigenvalue weighted by Crippen LogP contribution is -3.11. The first-order valence-electron chi connectivity index (χ1n) is 9.07. The Balaban J connectivity index is 1.47. The molecule has 1 fully saturated rings. The van der Waals surface area contributed by atoms with E-state index in [1.54, 1.807) is 11.3 Å². The fourth-order valence-electron chi connectivity index (χ4n) is 3.79. The smallest absolute Gasteiger partial charge is 0.275 e. The molecule has 2 aromatic heterocycles. The molecule has 2 N–H and O–H groups in total. The van der Waals surface area contributed by atoms with Crippen LogP contribution in [0.5, 0.6) is 0 Å². The van der Waals surface area contributed by atoms with E-state index in [0.29, 0.717) is 12.6 Å². The van der Waals surface area contributed by atoms with Crippen molar-refractivity contribution in [2.45, 2.75) is 24.9 Å². The van der Waals surface area contributed by atoms with E-state index in [1.165, 1.54) is 27.5 Å². The summed E-state index contributed by atoms with van der Waals surface area (Å²) in [6, 6.07) is 19.1. The van der Waals surface area contributed by atoms with Gasteiger partial charge in [-0.1, -0.05) is 42.5 Å². The molecule has 1 amide bonds. The standard InChI is InChI=1S/C21H22N2OS2/c24-20(15-23-12-4-9-17(23)18-10-5-13-25-18)22-21(19-11-6-14-26-19)16-7-2-1-3-8-16/h1-3,5-8,10-11,13-14,17,21H,4,9,12,15H2,(H,22,24)/p+1/t17-,21+/m1/s1. The van der Waals surface area contributed by atoms with Gasteiger partial charge in [-0.3, -0.25) is 4.79 Å². The lowest BCUT2D eigenvalue weighted by atomic mass is 10.1. The molecular weight excluding hydrogens is 360 g/mol. The van der Waals surface area contributed by atoms with Crippen LogP contribution in [-0.2, 0) is 4.79 Å². The van der Waals surface area contributed by atoms with Crippen LogP contribution in [-0.4, -0.2) is 19.0 Å². The predicted octanol–water partition coefficient (Wildman–Crippen LogP) is 3.44. The zero-order valence-corrected chi connectivity index (χ0v) is 16.2. The van der Waals surface area contributed by atoms with E-state index in [0.717, 1.165) is 12.1 Å². The van der Waals surface area contributed by atoms with Gasteiger partial charge in [-0.2, -0.15) is 0 Å². The largest absolute Gasteiger partial charge is 0.339 e. The Hall–Kier alpha value is -1.95. The van der Waals surface area contributed by atoms with Crippen LogP contribution in [0.3, 0.4) is 0 Å². The number of quaternary nitrogens is 1. The summed E-state index contributed by atoms with van der Waals surface area (Å²) < 4.78 is 0. The molecule has 4 rings (SSSR count). The first-order chi connectivity index (χ1) is 12.8. The van der Waals surface area contributed by atoms with Crippen LogP contribution < -0.4 is 10.2 Å². The molecule has 1 aliphatic rings. The highest BCUT2D eigenvalue weighted by atomic mass is 32.1. The number of rotatable bonds is 6. The molecule has 0 saturated carbocycles. The van der Waals surface area contributed by atoms with Gasteiger partial charge in [0, 0.05) is 17.7 Å². The molecule has 0 bridgehead atoms. The molecule has 3 atom stereocenters. The zero-order chi connectivity index (χ0) is 17.8. The summed E-state index contributed by atoms with van der Waals surface area (Å²) in [4.78, 5) is 16.8. The Morgan fingerprint density at radius 1 is 1.08 bits per heavy atom. The monoisotopic (exact) mass is 383 g/mol. The molecule has 134 valence electrons. The number of likely N-dealkylation sites (tertiary alicyclic amines) is 1. The fraction of sp³-hybridized carbons (Fsp3) is 0.286. The van der Waals surface area contributed by atoms with E-state index < -0.39 is 0 Å². The summed E-state index contributed by atoms with van der Waals surface area (Å²) in [6.45, 7) is 1.61. The second-order valence-electron chi connectivity index (χ2n) is 6.72. The minimum absolute atomic E-state index is 0.0640. The highest BCUT2D eigenvalue weighted by molar-refractivity contribution is 7.10. The van der Waals surface area contributed by atoms with Gasteiger partial charge >= 0.3 is 0 Å². The van der Waals surface area contributed by atoms with Gasteiger partial charge in [0.2, 0.25) is 0 Å². The Morgan fingerprint density at radius 3 is 2.62 bits per heavy atom. The van der Waals surface area contributed by atoms with Crippen molar-refractivity contribution in [1.82, 2.24) is 5.32 Å². The minimum atomic E-state index is -0.0640. The van der Waals surface area contributed by atoms with Crippen molar-refractivity contribution in [3.8, 4) is 0 Å². The minimum Gasteiger partial charge on any atom is -0.339 e. The number of nitrogens with one attached hydrogen (secondary N) is 2. The second-order valence-corrected chi connectivity index (χ2v) is 8.68. The van der Waals surface area contributed by atoms with Crippen LogP contribution in [0, 0.1) is 0 Å². The molecule has 1 aromatic carbocycles. The van der Waals surface area contributed by atoms with Gasteiger partial charge in [-0.15, -0.1) is 22.7 Å². The van der Waals surface area contributed by atoms with Gasteiger partial charge in [0.05, 0.1) is 17.5 Å². The highest BCUT2D eigenvalue weighted by Crippen LogP contribution is 2.26. The normalized spacial score (nSPS) is 20.8. The van der Waals surface area contributed by atoms with Gasteiger partial charge in [-0.25, -0.2) is 0 Å². The number of hydrogen-bond acceptors (Lipinski definition) is 3. The molecule has 3 aromatic rings. The molecule has 1 saturated heterocycles. The molecule has 3 heterocycles. The van der Waals surface area contributed by atoms with Crippen molar-refractivity contribution in [2.75, 3.05) is 13.1 Å². The van der Waals surface area contributed by atoms with Crippen LogP contribution in [0.1, 0.15) is 40.2 Å². The summed E-state index contributed by atoms with van der Waals surface area (Å²) in [5.41, 5.74) is 1.13. The lowest BCUT2D eigenvalue weighted by molar-refractivity contribution is -0.910. The summed E-state index contributed by atoms with van der Waals surface area (Å²) in [5, 5.41) is 7.48. The molecule has 1 aliphatic heterocycles. The predicted molar refractivity (Wildman–Crippen MR) is 108 cm³/mol. The molecule has 0 aliphatic carbocycles. The van der Waals surface area contributed by atoms with Gasteiger partial charge in [0.1, 0.15) is 6.04 Å². The van der Waals surface area contributed by atoms with Crippen LogP contribution >= 0.6 is 22.7 Å². The Labute approximate surface area is 162 Å². The first-order valence-corrected chi connectivity index (χ1v) is 10.8. The van der Waals surface area contributed by atoms with E-state index in [2.05, 4.69) is 46.4 Å². The number of amides is 1. The van der Waals surface area contributed by atoms with Crippen molar-refractivity contribution >= 4 is 28.6 Å². The number of benzene rings is 1. The van der Waals surface area contributed by atoms with E-state index in [4.69, 9.17) is 0 Å². The van der Waals surface area contributed by atoms with Gasteiger partial charge in [-0.05, 0) is 28.5 Å². The van der Waals surface area contributed by atoms with Crippen molar-refractivity contribution < 1.29 is 9.69 Å². The lowest BCUT2D eigenvalue weighted by Gasteiger charge is -2.23. The third kappa shape index (κ3) is 3.90. The average molecular weight is 384 g/mol. The quantitative estimate of drug-likeness (QED) is 0.672. The number of hydrogen-bond donors (Lipinski definition) is 2. The molecule has 0 spiro atoms. The number of carbonyl (C=O) groups is 1. The van der Waals surface area contributed by atoms with Crippen LogP contribution in [0.2, 0.25) is 0 Å². The van der Waals surface area contributed by atoms with Gasteiger partial charge < -0.3 is 10.2 Å². The Morgan fingerprint density at radius 2 is 1.88 bits per heavy atom. The van der Waals surface area contributed by atoms with E-state index in [-0.39, 0.29) is 11.9 Å². The summed E-state index contributed by atoms with van der Waals surface area (Å²) in [7, 11) is 0. The number of thiophene rings is 2. The fourth-order valence-corrected chi connectivity index (χ4v) is 5.52. The average Bonchev–Trinajstić information content (AvgIpc) is 3.41. The summed E-state index contributed by atoms with van der Waals surface area (Å²) >= 11 is 3.50. The molecular formula is C21H23N2OS2+. The van der Waals surface area contributed by atoms with E-state index >= 15 is 0 Å². The van der Waals surface area contributed by atoms with Gasteiger partial charge in [0.15, 0.2) is 6.54 Å². The summed E-state index contributed by atoms with van der Waals surface area (Å²) in [6.07, 6.45) is 2.37. The maximum Gasteiger partial charge on any atom is 0.275 e. The maximum atomic E-state index is 12.9. The maximum absolute atomic E-state index is 12.9. The van der Waals surface area contributed by atoms with Crippen molar-refractivity contribution in [2.24, 2.45) is 0 Å². The molecule has 5 heteroatoms. The van der Waals surface area contributed by atoms with Gasteiger partial charge in [0.25, 0.3) is 5.91 Å². The third-order valence-corrected chi connectivity index (χ3v) is 6.95. The van der Waals surface area contributed by atoms with Crippen LogP contribution in [0.4, 0.5) is 0 Å². The van der Waals surface area contributed by atoms with Crippen molar-refractivity contribution in [3.05, 3.63) is 80.7 Å². The molecule has 0 radical (unpaired) electrons. The molecule has 1 unspecified atom stereocenters. The molecule has 3 nitrogen and oxygen atoms in total.